The number of halogens is 8. The average Bonchev–Trinajstić information content (AvgIpc) is 3.89. The Labute approximate surface area is 346 Å². The molecular formula is C42H32F8N6O5S. The van der Waals surface area contributed by atoms with E-state index in [0.29, 0.717) is 10.7 Å². The molecule has 1 saturated heterocycles. The molecule has 1 unspecified atom stereocenters. The number of sulfonamides is 1. The number of carbonyl (C=O) groups is 1. The van der Waals surface area contributed by atoms with E-state index in [1.807, 2.05) is 0 Å². The van der Waals surface area contributed by atoms with E-state index in [-0.39, 0.29) is 76.7 Å². The summed E-state index contributed by atoms with van der Waals surface area (Å²) in [5, 5.41) is 6.14. The van der Waals surface area contributed by atoms with Crippen LogP contribution in [0.4, 0.5) is 35.1 Å². The largest absolute Gasteiger partial charge is 0.379 e. The predicted octanol–water partition coefficient (Wildman–Crippen LogP) is 7.07. The molecule has 1 aliphatic heterocycles. The molecule has 322 valence electrons. The predicted molar refractivity (Wildman–Crippen MR) is 205 cm³/mol. The van der Waals surface area contributed by atoms with Crippen molar-refractivity contribution in [2.24, 2.45) is 5.92 Å². The van der Waals surface area contributed by atoms with Crippen LogP contribution in [0.1, 0.15) is 53.1 Å². The van der Waals surface area contributed by atoms with Crippen LogP contribution in [0.3, 0.4) is 0 Å². The zero-order chi connectivity index (χ0) is 43.8. The van der Waals surface area contributed by atoms with Crippen molar-refractivity contribution in [1.82, 2.24) is 29.0 Å². The number of alkyl halides is 4. The van der Waals surface area contributed by atoms with Gasteiger partial charge >= 0.3 is 0 Å². The first-order valence-electron chi connectivity index (χ1n) is 19.2. The second-order valence-electron chi connectivity index (χ2n) is 15.2. The molecule has 6 aromatic rings. The maximum Gasteiger partial charge on any atom is 0.293 e. The number of fused-ring (bicyclic) bond motifs is 4. The van der Waals surface area contributed by atoms with Crippen LogP contribution in [0.15, 0.2) is 88.6 Å². The summed E-state index contributed by atoms with van der Waals surface area (Å²) < 4.78 is 153. The molecule has 1 N–H and O–H groups in total. The van der Waals surface area contributed by atoms with E-state index >= 15 is 8.78 Å². The number of nitrogens with zero attached hydrogens (tertiary/aromatic N) is 5. The Morgan fingerprint density at radius 3 is 2.26 bits per heavy atom. The Balaban J connectivity index is 1.19. The van der Waals surface area contributed by atoms with Crippen molar-refractivity contribution in [2.45, 2.75) is 48.6 Å². The van der Waals surface area contributed by atoms with Gasteiger partial charge in [0.25, 0.3) is 17.9 Å². The Morgan fingerprint density at radius 1 is 0.919 bits per heavy atom. The molecule has 1 saturated carbocycles. The van der Waals surface area contributed by atoms with Gasteiger partial charge in [0.2, 0.25) is 15.9 Å². The summed E-state index contributed by atoms with van der Waals surface area (Å²) in [6, 6.07) is 12.8. The number of benzene rings is 4. The van der Waals surface area contributed by atoms with Crippen LogP contribution < -0.4 is 10.9 Å². The van der Waals surface area contributed by atoms with Crippen molar-refractivity contribution in [3.05, 3.63) is 141 Å². The molecule has 20 heteroatoms. The van der Waals surface area contributed by atoms with Gasteiger partial charge in [0, 0.05) is 37.1 Å². The summed E-state index contributed by atoms with van der Waals surface area (Å²) in [7, 11) is -4.03. The normalized spacial score (nSPS) is 18.8. The van der Waals surface area contributed by atoms with Crippen molar-refractivity contribution >= 4 is 26.8 Å². The highest BCUT2D eigenvalue weighted by molar-refractivity contribution is 7.89. The molecule has 9 rings (SSSR count). The minimum atomic E-state index is -4.03. The van der Waals surface area contributed by atoms with E-state index in [1.54, 1.807) is 0 Å². The Morgan fingerprint density at radius 2 is 1.60 bits per heavy atom. The number of hydrogen-bond acceptors (Lipinski definition) is 7. The maximum absolute atomic E-state index is 15.4. The highest BCUT2D eigenvalue weighted by atomic mass is 32.2. The van der Waals surface area contributed by atoms with Crippen molar-refractivity contribution in [2.75, 3.05) is 26.3 Å². The molecule has 0 bridgehead atoms. The lowest BCUT2D eigenvalue weighted by atomic mass is 10.0. The monoisotopic (exact) mass is 884 g/mol. The van der Waals surface area contributed by atoms with Gasteiger partial charge in [0.15, 0.2) is 0 Å². The van der Waals surface area contributed by atoms with Gasteiger partial charge in [-0.1, -0.05) is 12.1 Å². The summed E-state index contributed by atoms with van der Waals surface area (Å²) in [6.45, 7) is -0.502. The number of carbonyl (C=O) groups excluding carboxylic acids is 1. The van der Waals surface area contributed by atoms with E-state index in [0.717, 1.165) is 34.9 Å². The summed E-state index contributed by atoms with van der Waals surface area (Å²) in [5.74, 6) is -11.0. The van der Waals surface area contributed by atoms with E-state index in [2.05, 4.69) is 15.4 Å². The van der Waals surface area contributed by atoms with Crippen LogP contribution in [0, 0.1) is 29.2 Å². The molecule has 3 atom stereocenters. The van der Waals surface area contributed by atoms with Gasteiger partial charge < -0.3 is 10.1 Å². The molecule has 2 aromatic heterocycles. The number of amides is 1. The van der Waals surface area contributed by atoms with Crippen molar-refractivity contribution in [3.63, 3.8) is 0 Å². The van der Waals surface area contributed by atoms with Gasteiger partial charge in [-0.3, -0.25) is 18.8 Å². The lowest BCUT2D eigenvalue weighted by Gasteiger charge is -2.26. The second kappa shape index (κ2) is 15.4. The van der Waals surface area contributed by atoms with Gasteiger partial charge in [-0.25, -0.2) is 39.7 Å². The van der Waals surface area contributed by atoms with Crippen LogP contribution in [0.5, 0.6) is 0 Å². The van der Waals surface area contributed by atoms with E-state index < -0.39 is 105 Å². The number of aromatic nitrogens is 4. The zero-order valence-electron chi connectivity index (χ0n) is 32.0. The molecule has 2 aliphatic carbocycles. The summed E-state index contributed by atoms with van der Waals surface area (Å²) in [6.07, 6.45) is -3.78. The van der Waals surface area contributed by atoms with E-state index in [1.165, 1.54) is 46.8 Å². The molecular weight excluding hydrogens is 853 g/mol. The summed E-state index contributed by atoms with van der Waals surface area (Å²) >= 11 is 0. The number of ether oxygens (including phenoxy) is 1. The SMILES string of the molecule is O=C(Cn1nc(C(F)F)c2c1C(F)(F)[C@@H]1C[C@H]21)NC(Cc1cc(F)cc(F)c1)c1nc2cc(-c3c(F)cccc3F)ccc2c(=O)n1-c1ccc(S(=O)(=O)N2CCOCC2)cc1. The molecule has 62 heavy (non-hydrogen) atoms. The molecule has 0 spiro atoms. The number of hydrogen-bond donors (Lipinski definition) is 1. The van der Waals surface area contributed by atoms with Gasteiger partial charge in [-0.2, -0.15) is 18.2 Å². The first kappa shape index (κ1) is 41.4. The first-order chi connectivity index (χ1) is 29.5. The fourth-order valence-electron chi connectivity index (χ4n) is 8.44. The molecule has 2 fully saturated rings. The van der Waals surface area contributed by atoms with Crippen LogP contribution in [0.25, 0.3) is 27.7 Å². The lowest BCUT2D eigenvalue weighted by molar-refractivity contribution is -0.123. The van der Waals surface area contributed by atoms with Crippen molar-refractivity contribution < 1.29 is 53.1 Å². The van der Waals surface area contributed by atoms with Gasteiger partial charge in [0.1, 0.15) is 47.0 Å². The maximum atomic E-state index is 15.4. The molecule has 0 radical (unpaired) electrons. The Hall–Kier alpha value is -5.99. The molecule has 4 aromatic carbocycles. The Bertz CT molecular complexity index is 2920. The smallest absolute Gasteiger partial charge is 0.293 e. The highest BCUT2D eigenvalue weighted by Crippen LogP contribution is 2.68. The van der Waals surface area contributed by atoms with Crippen LogP contribution in [0.2, 0.25) is 0 Å². The van der Waals surface area contributed by atoms with Crippen LogP contribution >= 0.6 is 0 Å². The highest BCUT2D eigenvalue weighted by Gasteiger charge is 2.67. The molecule has 11 nitrogen and oxygen atoms in total. The minimum Gasteiger partial charge on any atom is -0.379 e. The van der Waals surface area contributed by atoms with E-state index in [9.17, 15) is 44.3 Å². The second-order valence-corrected chi connectivity index (χ2v) is 17.2. The van der Waals surface area contributed by atoms with Gasteiger partial charge in [-0.05, 0) is 84.1 Å². The quantitative estimate of drug-likeness (QED) is 0.138. The van der Waals surface area contributed by atoms with Crippen molar-refractivity contribution in [3.8, 4) is 16.8 Å². The molecule has 3 heterocycles. The average molecular weight is 885 g/mol. The lowest BCUT2D eigenvalue weighted by Crippen LogP contribution is -2.40. The van der Waals surface area contributed by atoms with Gasteiger partial charge in [-0.15, -0.1) is 0 Å². The van der Waals surface area contributed by atoms with Crippen LogP contribution in [-0.4, -0.2) is 64.3 Å². The third-order valence-electron chi connectivity index (χ3n) is 11.3. The van der Waals surface area contributed by atoms with E-state index in [4.69, 9.17) is 4.74 Å². The minimum absolute atomic E-state index is 0.0143. The summed E-state index contributed by atoms with van der Waals surface area (Å²) in [4.78, 5) is 33.1. The number of rotatable bonds is 11. The zero-order valence-corrected chi connectivity index (χ0v) is 32.8. The van der Waals surface area contributed by atoms with Crippen molar-refractivity contribution in [1.29, 1.82) is 0 Å². The van der Waals surface area contributed by atoms with Crippen LogP contribution in [-0.2, 0) is 38.4 Å². The topological polar surface area (TPSA) is 128 Å². The first-order valence-corrected chi connectivity index (χ1v) is 20.7. The summed E-state index contributed by atoms with van der Waals surface area (Å²) in [5.41, 5.74) is -3.63. The Kier molecular flexibility index (Phi) is 10.3. The molecule has 1 amide bonds. The third kappa shape index (κ3) is 7.22. The number of morpholine rings is 1. The number of nitrogens with one attached hydrogen (secondary N) is 1. The standard InChI is InChI=1S/C42H32F8N6O5S/c43-23-14-21(15-24(44)18-23)16-33(51-34(57)20-55-38-36(37(53-55)39(47)48)28-19-29(28)42(38,49)50)40-52-32-17-22(35-30(45)2-1-3-31(35)46)4-9-27(32)41(58)56(40)25-5-7-26(8-6-25)62(59,60)54-10-12-61-13-11-54/h1-9,14-15,17-18,28-29,33,39H,10-13,16,19-20H2,(H,51,57)/t28-,29+,33?/m0/s1. The van der Waals surface area contributed by atoms with Gasteiger partial charge in [0.05, 0.1) is 46.3 Å². The molecule has 3 aliphatic rings. The fourth-order valence-corrected chi connectivity index (χ4v) is 9.85. The fraction of sp³-hybridized carbons (Fsp3) is 0.286. The third-order valence-corrected chi connectivity index (χ3v) is 13.2.